The van der Waals surface area contributed by atoms with E-state index in [-0.39, 0.29) is 0 Å². The third-order valence-electron chi connectivity index (χ3n) is 1.94. The van der Waals surface area contributed by atoms with Gasteiger partial charge in [-0.05, 0) is 39.5 Å². The first-order valence-electron chi connectivity index (χ1n) is 4.46. The lowest BCUT2D eigenvalue weighted by Gasteiger charge is -1.86. The SMILES string of the molecule is Brc1ccc(-c2nnc(-c3cccs3)o2)o1. The van der Waals surface area contributed by atoms with Crippen LogP contribution in [0.5, 0.6) is 0 Å². The molecule has 0 aliphatic rings. The van der Waals surface area contributed by atoms with Gasteiger partial charge in [-0.1, -0.05) is 6.07 Å². The van der Waals surface area contributed by atoms with Crippen LogP contribution >= 0.6 is 27.3 Å². The first-order valence-corrected chi connectivity index (χ1v) is 6.13. The van der Waals surface area contributed by atoms with Crippen molar-refractivity contribution < 1.29 is 8.83 Å². The Balaban J connectivity index is 2.00. The largest absolute Gasteiger partial charge is 0.444 e. The van der Waals surface area contributed by atoms with E-state index in [1.807, 2.05) is 17.5 Å². The van der Waals surface area contributed by atoms with E-state index in [1.165, 1.54) is 0 Å². The Morgan fingerprint density at radius 3 is 2.62 bits per heavy atom. The third-order valence-corrected chi connectivity index (χ3v) is 3.23. The van der Waals surface area contributed by atoms with Crippen molar-refractivity contribution in [3.63, 3.8) is 0 Å². The molecule has 3 aromatic heterocycles. The Bertz CT molecular complexity index is 600. The summed E-state index contributed by atoms with van der Waals surface area (Å²) in [4.78, 5) is 0.948. The zero-order valence-electron chi connectivity index (χ0n) is 7.88. The molecule has 0 bridgehead atoms. The highest BCUT2D eigenvalue weighted by Gasteiger charge is 2.13. The lowest BCUT2D eigenvalue weighted by atomic mass is 10.4. The molecule has 0 spiro atoms. The fourth-order valence-electron chi connectivity index (χ4n) is 1.25. The van der Waals surface area contributed by atoms with Crippen LogP contribution in [0.25, 0.3) is 22.4 Å². The Morgan fingerprint density at radius 2 is 1.94 bits per heavy atom. The number of hydrogen-bond donors (Lipinski definition) is 0. The van der Waals surface area contributed by atoms with Gasteiger partial charge in [0.1, 0.15) is 0 Å². The van der Waals surface area contributed by atoms with Crippen LogP contribution in [-0.2, 0) is 0 Å². The number of halogens is 1. The molecule has 0 aliphatic heterocycles. The number of rotatable bonds is 2. The minimum Gasteiger partial charge on any atom is -0.444 e. The maximum absolute atomic E-state index is 5.50. The quantitative estimate of drug-likeness (QED) is 0.721. The molecule has 0 saturated carbocycles. The van der Waals surface area contributed by atoms with Crippen LogP contribution < -0.4 is 0 Å². The topological polar surface area (TPSA) is 52.1 Å². The van der Waals surface area contributed by atoms with E-state index in [0.29, 0.717) is 22.2 Å². The van der Waals surface area contributed by atoms with Gasteiger partial charge < -0.3 is 8.83 Å². The molecule has 0 saturated heterocycles. The van der Waals surface area contributed by atoms with Gasteiger partial charge in [-0.3, -0.25) is 0 Å². The molecule has 80 valence electrons. The van der Waals surface area contributed by atoms with Gasteiger partial charge in [-0.15, -0.1) is 21.5 Å². The molecular weight excluding hydrogens is 292 g/mol. The van der Waals surface area contributed by atoms with Crippen LogP contribution in [0.4, 0.5) is 0 Å². The van der Waals surface area contributed by atoms with Gasteiger partial charge >= 0.3 is 0 Å². The number of thiophene rings is 1. The summed E-state index contributed by atoms with van der Waals surface area (Å²) in [6.07, 6.45) is 0. The average molecular weight is 297 g/mol. The number of aromatic nitrogens is 2. The molecule has 0 unspecified atom stereocenters. The maximum Gasteiger partial charge on any atom is 0.284 e. The van der Waals surface area contributed by atoms with Crippen molar-refractivity contribution in [2.45, 2.75) is 0 Å². The molecule has 3 rings (SSSR count). The molecule has 6 heteroatoms. The van der Waals surface area contributed by atoms with E-state index in [2.05, 4.69) is 26.1 Å². The Hall–Kier alpha value is -1.40. The third kappa shape index (κ3) is 1.70. The van der Waals surface area contributed by atoms with Gasteiger partial charge in [-0.2, -0.15) is 0 Å². The first kappa shape index (κ1) is 9.80. The molecule has 16 heavy (non-hydrogen) atoms. The fraction of sp³-hybridized carbons (Fsp3) is 0. The van der Waals surface area contributed by atoms with Gasteiger partial charge in [-0.25, -0.2) is 0 Å². The molecule has 4 nitrogen and oxygen atoms in total. The summed E-state index contributed by atoms with van der Waals surface area (Å²) >= 11 is 4.77. The lowest BCUT2D eigenvalue weighted by molar-refractivity contribution is 0.510. The molecule has 3 heterocycles. The van der Waals surface area contributed by atoms with Gasteiger partial charge in [0.05, 0.1) is 4.88 Å². The maximum atomic E-state index is 5.50. The van der Waals surface area contributed by atoms with E-state index < -0.39 is 0 Å². The second-order valence-corrected chi connectivity index (χ2v) is 4.72. The van der Waals surface area contributed by atoms with Crippen LogP contribution in [0.15, 0.2) is 43.1 Å². The lowest BCUT2D eigenvalue weighted by Crippen LogP contribution is -1.72. The van der Waals surface area contributed by atoms with Gasteiger partial charge in [0.15, 0.2) is 10.4 Å². The number of nitrogens with zero attached hydrogens (tertiary/aromatic N) is 2. The van der Waals surface area contributed by atoms with Gasteiger partial charge in [0, 0.05) is 0 Å². The van der Waals surface area contributed by atoms with Crippen LogP contribution in [-0.4, -0.2) is 10.2 Å². The number of furan rings is 1. The molecular formula is C10H5BrN2O2S. The molecule has 0 aliphatic carbocycles. The Morgan fingerprint density at radius 1 is 1.06 bits per heavy atom. The van der Waals surface area contributed by atoms with Gasteiger partial charge in [0.25, 0.3) is 11.8 Å². The summed E-state index contributed by atoms with van der Waals surface area (Å²) in [5.41, 5.74) is 0. The molecule has 0 atom stereocenters. The Labute approximate surface area is 103 Å². The van der Waals surface area contributed by atoms with Crippen LogP contribution in [0, 0.1) is 0 Å². The van der Waals surface area contributed by atoms with Crippen molar-refractivity contribution in [3.05, 3.63) is 34.3 Å². The fourth-order valence-corrected chi connectivity index (χ4v) is 2.20. The van der Waals surface area contributed by atoms with Crippen LogP contribution in [0.2, 0.25) is 0 Å². The van der Waals surface area contributed by atoms with Crippen molar-refractivity contribution in [1.29, 1.82) is 0 Å². The zero-order valence-corrected chi connectivity index (χ0v) is 10.3. The second-order valence-electron chi connectivity index (χ2n) is 2.99. The normalized spacial score (nSPS) is 10.8. The standard InChI is InChI=1S/C10H5BrN2O2S/c11-8-4-3-6(14-8)9-12-13-10(15-9)7-2-1-5-16-7/h1-5H. The summed E-state index contributed by atoms with van der Waals surface area (Å²) < 4.78 is 11.5. The highest BCUT2D eigenvalue weighted by atomic mass is 79.9. The predicted molar refractivity (Wildman–Crippen MR) is 63.0 cm³/mol. The van der Waals surface area contributed by atoms with E-state index in [9.17, 15) is 0 Å². The van der Waals surface area contributed by atoms with E-state index in [4.69, 9.17) is 8.83 Å². The summed E-state index contributed by atoms with van der Waals surface area (Å²) in [6, 6.07) is 7.42. The summed E-state index contributed by atoms with van der Waals surface area (Å²) in [5, 5.41) is 9.85. The highest BCUT2D eigenvalue weighted by Crippen LogP contribution is 2.28. The van der Waals surface area contributed by atoms with Crippen LogP contribution in [0.3, 0.4) is 0 Å². The second kappa shape index (κ2) is 3.88. The van der Waals surface area contributed by atoms with E-state index >= 15 is 0 Å². The van der Waals surface area contributed by atoms with Crippen LogP contribution in [0.1, 0.15) is 0 Å². The molecule has 3 aromatic rings. The highest BCUT2D eigenvalue weighted by molar-refractivity contribution is 9.10. The van der Waals surface area contributed by atoms with Crippen molar-refractivity contribution in [2.24, 2.45) is 0 Å². The molecule has 0 fully saturated rings. The van der Waals surface area contributed by atoms with Crippen molar-refractivity contribution in [1.82, 2.24) is 10.2 Å². The smallest absolute Gasteiger partial charge is 0.284 e. The first-order chi connectivity index (χ1) is 7.83. The molecule has 0 N–H and O–H groups in total. The summed E-state index contributed by atoms with van der Waals surface area (Å²) in [5.74, 6) is 1.45. The number of hydrogen-bond acceptors (Lipinski definition) is 5. The van der Waals surface area contributed by atoms with E-state index in [1.54, 1.807) is 23.5 Å². The van der Waals surface area contributed by atoms with E-state index in [0.717, 1.165) is 4.88 Å². The minimum atomic E-state index is 0.383. The van der Waals surface area contributed by atoms with Crippen molar-refractivity contribution in [3.8, 4) is 22.4 Å². The average Bonchev–Trinajstić information content (AvgIpc) is 2.97. The zero-order chi connectivity index (χ0) is 11.0. The predicted octanol–water partition coefficient (Wildman–Crippen LogP) is 3.82. The van der Waals surface area contributed by atoms with Gasteiger partial charge in [0.2, 0.25) is 0 Å². The molecule has 0 amide bonds. The Kier molecular flexibility index (Phi) is 2.37. The molecule has 0 radical (unpaired) electrons. The van der Waals surface area contributed by atoms with Crippen molar-refractivity contribution in [2.75, 3.05) is 0 Å². The minimum absolute atomic E-state index is 0.383. The summed E-state index contributed by atoms with van der Waals surface area (Å²) in [6.45, 7) is 0. The summed E-state index contributed by atoms with van der Waals surface area (Å²) in [7, 11) is 0. The van der Waals surface area contributed by atoms with Crippen molar-refractivity contribution >= 4 is 27.3 Å². The molecule has 0 aromatic carbocycles. The monoisotopic (exact) mass is 296 g/mol.